The number of ether oxygens (including phenoxy) is 3. The summed E-state index contributed by atoms with van der Waals surface area (Å²) in [5.41, 5.74) is 1.17. The maximum Gasteiger partial charge on any atom is 0.161 e. The van der Waals surface area contributed by atoms with Gasteiger partial charge in [-0.15, -0.1) is 0 Å². The summed E-state index contributed by atoms with van der Waals surface area (Å²) >= 11 is 3.44. The van der Waals surface area contributed by atoms with E-state index in [-0.39, 0.29) is 6.10 Å². The molecular formula is C14H19BrO3. The van der Waals surface area contributed by atoms with E-state index >= 15 is 0 Å². The quantitative estimate of drug-likeness (QED) is 0.778. The smallest absolute Gasteiger partial charge is 0.161 e. The van der Waals surface area contributed by atoms with Gasteiger partial charge in [-0.2, -0.15) is 0 Å². The van der Waals surface area contributed by atoms with Crippen LogP contribution in [0.4, 0.5) is 0 Å². The molecule has 100 valence electrons. The van der Waals surface area contributed by atoms with E-state index in [9.17, 15) is 0 Å². The van der Waals surface area contributed by atoms with Crippen molar-refractivity contribution in [3.05, 3.63) is 23.8 Å². The molecule has 1 aliphatic rings. The Morgan fingerprint density at radius 3 is 2.78 bits per heavy atom. The Balaban J connectivity index is 1.98. The van der Waals surface area contributed by atoms with Crippen LogP contribution in [-0.2, 0) is 10.1 Å². The third-order valence-electron chi connectivity index (χ3n) is 3.13. The van der Waals surface area contributed by atoms with Crippen LogP contribution in [0.25, 0.3) is 0 Å². The largest absolute Gasteiger partial charge is 0.493 e. The van der Waals surface area contributed by atoms with Crippen molar-refractivity contribution in [1.82, 2.24) is 0 Å². The Bertz CT molecular complexity index is 395. The molecule has 0 spiro atoms. The van der Waals surface area contributed by atoms with Gasteiger partial charge < -0.3 is 14.2 Å². The van der Waals surface area contributed by atoms with Gasteiger partial charge in [0.25, 0.3) is 0 Å². The highest BCUT2D eigenvalue weighted by molar-refractivity contribution is 9.08. The topological polar surface area (TPSA) is 27.7 Å². The SMILES string of the molecule is COc1ccc(CBr)cc1OCC1CCC(C)O1. The molecule has 1 fully saturated rings. The fourth-order valence-electron chi connectivity index (χ4n) is 2.11. The van der Waals surface area contributed by atoms with Crippen molar-refractivity contribution < 1.29 is 14.2 Å². The summed E-state index contributed by atoms with van der Waals surface area (Å²) in [7, 11) is 1.66. The highest BCUT2D eigenvalue weighted by atomic mass is 79.9. The van der Waals surface area contributed by atoms with Gasteiger partial charge >= 0.3 is 0 Å². The minimum atomic E-state index is 0.206. The first-order valence-corrected chi connectivity index (χ1v) is 7.36. The predicted molar refractivity (Wildman–Crippen MR) is 74.7 cm³/mol. The molecule has 0 amide bonds. The van der Waals surface area contributed by atoms with Crippen LogP contribution in [0.3, 0.4) is 0 Å². The Morgan fingerprint density at radius 1 is 1.33 bits per heavy atom. The molecule has 1 heterocycles. The summed E-state index contributed by atoms with van der Waals surface area (Å²) < 4.78 is 16.9. The summed E-state index contributed by atoms with van der Waals surface area (Å²) in [4.78, 5) is 0. The maximum absolute atomic E-state index is 5.83. The zero-order valence-corrected chi connectivity index (χ0v) is 12.4. The molecule has 0 bridgehead atoms. The zero-order chi connectivity index (χ0) is 13.0. The lowest BCUT2D eigenvalue weighted by molar-refractivity contribution is 0.0259. The zero-order valence-electron chi connectivity index (χ0n) is 10.8. The summed E-state index contributed by atoms with van der Waals surface area (Å²) in [5.74, 6) is 1.56. The van der Waals surface area contributed by atoms with Crippen molar-refractivity contribution in [2.24, 2.45) is 0 Å². The Labute approximate surface area is 117 Å². The van der Waals surface area contributed by atoms with Crippen molar-refractivity contribution in [3.63, 3.8) is 0 Å². The average molecular weight is 315 g/mol. The lowest BCUT2D eigenvalue weighted by atomic mass is 10.2. The first-order valence-electron chi connectivity index (χ1n) is 6.24. The predicted octanol–water partition coefficient (Wildman–Crippen LogP) is 3.54. The van der Waals surface area contributed by atoms with Crippen molar-refractivity contribution in [3.8, 4) is 11.5 Å². The summed E-state index contributed by atoms with van der Waals surface area (Å²) in [6.07, 6.45) is 2.75. The Hall–Kier alpha value is -0.740. The first-order chi connectivity index (χ1) is 8.72. The molecule has 0 radical (unpaired) electrons. The van der Waals surface area contributed by atoms with Crippen LogP contribution in [0.2, 0.25) is 0 Å². The van der Waals surface area contributed by atoms with E-state index in [1.807, 2.05) is 18.2 Å². The van der Waals surface area contributed by atoms with Crippen LogP contribution in [0.15, 0.2) is 18.2 Å². The van der Waals surface area contributed by atoms with E-state index in [1.54, 1.807) is 7.11 Å². The van der Waals surface area contributed by atoms with E-state index in [2.05, 4.69) is 22.9 Å². The van der Waals surface area contributed by atoms with Crippen LogP contribution in [0.1, 0.15) is 25.3 Å². The molecule has 1 saturated heterocycles. The monoisotopic (exact) mass is 314 g/mol. The van der Waals surface area contributed by atoms with Crippen LogP contribution in [-0.4, -0.2) is 25.9 Å². The normalized spacial score (nSPS) is 23.1. The third-order valence-corrected chi connectivity index (χ3v) is 3.77. The second kappa shape index (κ2) is 6.43. The molecular weight excluding hydrogens is 296 g/mol. The van der Waals surface area contributed by atoms with Crippen LogP contribution in [0, 0.1) is 0 Å². The van der Waals surface area contributed by atoms with E-state index < -0.39 is 0 Å². The first kappa shape index (κ1) is 13.7. The summed E-state index contributed by atoms with van der Waals surface area (Å²) in [6, 6.07) is 5.96. The highest BCUT2D eigenvalue weighted by Crippen LogP contribution is 2.30. The number of rotatable bonds is 5. The lowest BCUT2D eigenvalue weighted by Crippen LogP contribution is -2.18. The minimum Gasteiger partial charge on any atom is -0.493 e. The molecule has 1 aromatic carbocycles. The van der Waals surface area contributed by atoms with Gasteiger partial charge in [-0.1, -0.05) is 22.0 Å². The van der Waals surface area contributed by atoms with Gasteiger partial charge in [0, 0.05) is 5.33 Å². The third kappa shape index (κ3) is 3.39. The van der Waals surface area contributed by atoms with Gasteiger partial charge in [0.15, 0.2) is 11.5 Å². The van der Waals surface area contributed by atoms with Crippen molar-refractivity contribution in [2.45, 2.75) is 37.3 Å². The molecule has 18 heavy (non-hydrogen) atoms. The molecule has 2 unspecified atom stereocenters. The van der Waals surface area contributed by atoms with Gasteiger partial charge in [-0.25, -0.2) is 0 Å². The Kier molecular flexibility index (Phi) is 4.89. The van der Waals surface area contributed by atoms with Crippen molar-refractivity contribution >= 4 is 15.9 Å². The molecule has 4 heteroatoms. The molecule has 2 atom stereocenters. The standard InChI is InChI=1S/C14H19BrO3/c1-10-3-5-12(18-10)9-17-14-7-11(8-15)4-6-13(14)16-2/h4,6-7,10,12H,3,5,8-9H2,1-2H3. The number of methoxy groups -OCH3 is 1. The van der Waals surface area contributed by atoms with Gasteiger partial charge in [0.05, 0.1) is 19.3 Å². The minimum absolute atomic E-state index is 0.206. The molecule has 2 rings (SSSR count). The molecule has 0 aromatic heterocycles. The summed E-state index contributed by atoms with van der Waals surface area (Å²) in [5, 5.41) is 0.810. The highest BCUT2D eigenvalue weighted by Gasteiger charge is 2.22. The second-order valence-corrected chi connectivity index (χ2v) is 5.14. The molecule has 3 nitrogen and oxygen atoms in total. The maximum atomic E-state index is 5.83. The number of benzene rings is 1. The fraction of sp³-hybridized carbons (Fsp3) is 0.571. The molecule has 1 aliphatic heterocycles. The lowest BCUT2D eigenvalue weighted by Gasteiger charge is -2.15. The van der Waals surface area contributed by atoms with Gasteiger partial charge in [0.2, 0.25) is 0 Å². The van der Waals surface area contributed by atoms with E-state index in [0.717, 1.165) is 29.7 Å². The molecule has 0 aliphatic carbocycles. The number of halogens is 1. The van der Waals surface area contributed by atoms with E-state index in [1.165, 1.54) is 5.56 Å². The van der Waals surface area contributed by atoms with Crippen molar-refractivity contribution in [2.75, 3.05) is 13.7 Å². The second-order valence-electron chi connectivity index (χ2n) is 4.58. The number of alkyl halides is 1. The van der Waals surface area contributed by atoms with Gasteiger partial charge in [0.1, 0.15) is 6.61 Å². The molecule has 1 aromatic rings. The average Bonchev–Trinajstić information content (AvgIpc) is 2.81. The van der Waals surface area contributed by atoms with Crippen LogP contribution in [0.5, 0.6) is 11.5 Å². The van der Waals surface area contributed by atoms with Gasteiger partial charge in [-0.05, 0) is 37.5 Å². The van der Waals surface area contributed by atoms with Crippen LogP contribution >= 0.6 is 15.9 Å². The fourth-order valence-corrected chi connectivity index (χ4v) is 2.46. The number of hydrogen-bond acceptors (Lipinski definition) is 3. The number of hydrogen-bond donors (Lipinski definition) is 0. The van der Waals surface area contributed by atoms with E-state index in [4.69, 9.17) is 14.2 Å². The van der Waals surface area contributed by atoms with Crippen LogP contribution < -0.4 is 9.47 Å². The Morgan fingerprint density at radius 2 is 2.17 bits per heavy atom. The van der Waals surface area contributed by atoms with Gasteiger partial charge in [-0.3, -0.25) is 0 Å². The van der Waals surface area contributed by atoms with E-state index in [0.29, 0.717) is 12.7 Å². The molecule has 0 N–H and O–H groups in total. The molecule has 0 saturated carbocycles. The summed E-state index contributed by atoms with van der Waals surface area (Å²) in [6.45, 7) is 2.69. The van der Waals surface area contributed by atoms with Crippen molar-refractivity contribution in [1.29, 1.82) is 0 Å².